The van der Waals surface area contributed by atoms with Crippen molar-refractivity contribution in [2.45, 2.75) is 6.54 Å². The molecule has 0 fully saturated rings. The van der Waals surface area contributed by atoms with Crippen molar-refractivity contribution in [1.82, 2.24) is 0 Å². The third kappa shape index (κ3) is 4.23. The molecule has 3 aromatic carbocycles. The highest BCUT2D eigenvalue weighted by Crippen LogP contribution is 2.22. The number of methoxy groups -OCH3 is 1. The zero-order chi connectivity index (χ0) is 17.6. The molecule has 0 aliphatic carbocycles. The first kappa shape index (κ1) is 16.7. The van der Waals surface area contributed by atoms with Gasteiger partial charge in [0.05, 0.1) is 12.7 Å². The van der Waals surface area contributed by atoms with Crippen LogP contribution in [-0.2, 0) is 11.3 Å². The number of benzene rings is 3. The van der Waals surface area contributed by atoms with Gasteiger partial charge in [0.2, 0.25) is 0 Å². The molecule has 3 aromatic rings. The number of esters is 1. The number of ether oxygens (including phenoxy) is 1. The molecule has 25 heavy (non-hydrogen) atoms. The summed E-state index contributed by atoms with van der Waals surface area (Å²) < 4.78 is 17.7. The van der Waals surface area contributed by atoms with Crippen LogP contribution >= 0.6 is 0 Å². The van der Waals surface area contributed by atoms with Gasteiger partial charge in [0, 0.05) is 12.2 Å². The van der Waals surface area contributed by atoms with Crippen LogP contribution < -0.4 is 5.32 Å². The van der Waals surface area contributed by atoms with Gasteiger partial charge in [-0.05, 0) is 53.1 Å². The van der Waals surface area contributed by atoms with E-state index in [0.29, 0.717) is 12.1 Å². The Labute approximate surface area is 146 Å². The summed E-state index contributed by atoms with van der Waals surface area (Å²) in [7, 11) is 1.37. The topological polar surface area (TPSA) is 38.3 Å². The van der Waals surface area contributed by atoms with Crippen LogP contribution in [0.25, 0.3) is 11.1 Å². The number of nitrogens with one attached hydrogen (secondary N) is 1. The van der Waals surface area contributed by atoms with Crippen molar-refractivity contribution in [3.05, 3.63) is 89.7 Å². The number of halogens is 1. The molecule has 0 saturated heterocycles. The summed E-state index contributed by atoms with van der Waals surface area (Å²) in [6.07, 6.45) is 0. The van der Waals surface area contributed by atoms with Gasteiger partial charge in [-0.2, -0.15) is 0 Å². The fourth-order valence-corrected chi connectivity index (χ4v) is 2.53. The fourth-order valence-electron chi connectivity index (χ4n) is 2.53. The molecule has 3 nitrogen and oxygen atoms in total. The average molecular weight is 335 g/mol. The van der Waals surface area contributed by atoms with Crippen molar-refractivity contribution in [1.29, 1.82) is 0 Å². The molecule has 0 bridgehead atoms. The van der Waals surface area contributed by atoms with Crippen LogP contribution in [0.1, 0.15) is 15.9 Å². The van der Waals surface area contributed by atoms with E-state index in [4.69, 9.17) is 4.74 Å². The van der Waals surface area contributed by atoms with Crippen molar-refractivity contribution in [2.75, 3.05) is 12.4 Å². The molecule has 0 radical (unpaired) electrons. The van der Waals surface area contributed by atoms with E-state index in [-0.39, 0.29) is 11.8 Å². The highest BCUT2D eigenvalue weighted by atomic mass is 19.1. The summed E-state index contributed by atoms with van der Waals surface area (Å²) in [6.45, 7) is 0.647. The molecular formula is C21H18FNO2. The van der Waals surface area contributed by atoms with Gasteiger partial charge in [-0.25, -0.2) is 9.18 Å². The first-order valence-corrected chi connectivity index (χ1v) is 7.93. The number of carbonyl (C=O) groups is 1. The Kier molecular flexibility index (Phi) is 5.09. The van der Waals surface area contributed by atoms with Gasteiger partial charge < -0.3 is 10.1 Å². The summed E-state index contributed by atoms with van der Waals surface area (Å²) in [5.74, 6) is -0.592. The lowest BCUT2D eigenvalue weighted by atomic mass is 10.0. The second-order valence-corrected chi connectivity index (χ2v) is 5.63. The second-order valence-electron chi connectivity index (χ2n) is 5.63. The number of anilines is 1. The van der Waals surface area contributed by atoms with Gasteiger partial charge in [0.1, 0.15) is 5.82 Å². The largest absolute Gasteiger partial charge is 0.465 e. The molecule has 0 unspecified atom stereocenters. The van der Waals surface area contributed by atoms with Gasteiger partial charge in [-0.1, -0.05) is 36.4 Å². The van der Waals surface area contributed by atoms with Crippen molar-refractivity contribution in [3.8, 4) is 11.1 Å². The average Bonchev–Trinajstić information content (AvgIpc) is 2.67. The predicted molar refractivity (Wildman–Crippen MR) is 96.9 cm³/mol. The zero-order valence-electron chi connectivity index (χ0n) is 13.8. The van der Waals surface area contributed by atoms with Gasteiger partial charge in [0.15, 0.2) is 0 Å². The Balaban J connectivity index is 1.69. The van der Waals surface area contributed by atoms with Gasteiger partial charge in [-0.3, -0.25) is 0 Å². The summed E-state index contributed by atoms with van der Waals surface area (Å²) >= 11 is 0. The number of hydrogen-bond donors (Lipinski definition) is 1. The Morgan fingerprint density at radius 2 is 1.68 bits per heavy atom. The Morgan fingerprint density at radius 1 is 0.960 bits per heavy atom. The lowest BCUT2D eigenvalue weighted by Gasteiger charge is -2.08. The lowest BCUT2D eigenvalue weighted by molar-refractivity contribution is 0.0601. The van der Waals surface area contributed by atoms with Gasteiger partial charge in [0.25, 0.3) is 0 Å². The minimum atomic E-state index is -0.345. The number of rotatable bonds is 5. The summed E-state index contributed by atoms with van der Waals surface area (Å²) in [5, 5.41) is 3.25. The monoisotopic (exact) mass is 335 g/mol. The maximum absolute atomic E-state index is 12.9. The van der Waals surface area contributed by atoms with E-state index in [2.05, 4.69) is 5.32 Å². The molecule has 0 aliphatic rings. The SMILES string of the molecule is COC(=O)c1cccc(-c2ccc(CNc3ccc(F)cc3)cc2)c1. The van der Waals surface area contributed by atoms with Gasteiger partial charge in [-0.15, -0.1) is 0 Å². The molecule has 0 spiro atoms. The van der Waals surface area contributed by atoms with Crippen LogP contribution in [0.2, 0.25) is 0 Å². The molecule has 0 saturated carbocycles. The zero-order valence-corrected chi connectivity index (χ0v) is 13.8. The Morgan fingerprint density at radius 3 is 2.36 bits per heavy atom. The van der Waals surface area contributed by atoms with E-state index in [1.165, 1.54) is 19.2 Å². The highest BCUT2D eigenvalue weighted by molar-refractivity contribution is 5.90. The minimum Gasteiger partial charge on any atom is -0.465 e. The van der Waals surface area contributed by atoms with E-state index in [1.54, 1.807) is 18.2 Å². The van der Waals surface area contributed by atoms with Gasteiger partial charge >= 0.3 is 5.97 Å². The van der Waals surface area contributed by atoms with E-state index >= 15 is 0 Å². The van der Waals surface area contributed by atoms with Crippen LogP contribution in [0.3, 0.4) is 0 Å². The molecule has 3 rings (SSSR count). The normalized spacial score (nSPS) is 10.3. The van der Waals surface area contributed by atoms with Crippen LogP contribution in [0.4, 0.5) is 10.1 Å². The highest BCUT2D eigenvalue weighted by Gasteiger charge is 2.06. The van der Waals surface area contributed by atoms with Crippen molar-refractivity contribution in [3.63, 3.8) is 0 Å². The maximum atomic E-state index is 12.9. The minimum absolute atomic E-state index is 0.246. The van der Waals surface area contributed by atoms with E-state index < -0.39 is 0 Å². The maximum Gasteiger partial charge on any atom is 0.337 e. The lowest BCUT2D eigenvalue weighted by Crippen LogP contribution is -2.01. The number of hydrogen-bond acceptors (Lipinski definition) is 3. The molecule has 4 heteroatoms. The fraction of sp³-hybridized carbons (Fsp3) is 0.0952. The van der Waals surface area contributed by atoms with Crippen molar-refractivity contribution < 1.29 is 13.9 Å². The smallest absolute Gasteiger partial charge is 0.337 e. The Bertz CT molecular complexity index is 858. The molecular weight excluding hydrogens is 317 g/mol. The van der Waals surface area contributed by atoms with E-state index in [9.17, 15) is 9.18 Å². The summed E-state index contributed by atoms with van der Waals surface area (Å²) in [6, 6.07) is 21.7. The standard InChI is InChI=1S/C21H18FNO2/c1-25-21(24)18-4-2-3-17(13-18)16-7-5-15(6-8-16)14-23-20-11-9-19(22)10-12-20/h2-13,23H,14H2,1H3. The first-order chi connectivity index (χ1) is 12.2. The van der Waals surface area contributed by atoms with Crippen LogP contribution in [-0.4, -0.2) is 13.1 Å². The Hall–Kier alpha value is -3.14. The van der Waals surface area contributed by atoms with Crippen LogP contribution in [0, 0.1) is 5.82 Å². The second kappa shape index (κ2) is 7.62. The van der Waals surface area contributed by atoms with Crippen molar-refractivity contribution >= 4 is 11.7 Å². The predicted octanol–water partition coefficient (Wildman–Crippen LogP) is 4.89. The summed E-state index contributed by atoms with van der Waals surface area (Å²) in [4.78, 5) is 11.6. The van der Waals surface area contributed by atoms with E-state index in [1.807, 2.05) is 42.5 Å². The van der Waals surface area contributed by atoms with Crippen LogP contribution in [0.15, 0.2) is 72.8 Å². The molecule has 0 aromatic heterocycles. The number of carbonyl (C=O) groups excluding carboxylic acids is 1. The van der Waals surface area contributed by atoms with Crippen molar-refractivity contribution in [2.24, 2.45) is 0 Å². The molecule has 126 valence electrons. The quantitative estimate of drug-likeness (QED) is 0.675. The molecule has 0 aliphatic heterocycles. The first-order valence-electron chi connectivity index (χ1n) is 7.93. The van der Waals surface area contributed by atoms with Crippen LogP contribution in [0.5, 0.6) is 0 Å². The third-order valence-electron chi connectivity index (χ3n) is 3.91. The molecule has 0 atom stereocenters. The third-order valence-corrected chi connectivity index (χ3v) is 3.91. The van der Waals surface area contributed by atoms with E-state index in [0.717, 1.165) is 22.4 Å². The summed E-state index contributed by atoms with van der Waals surface area (Å²) in [5.41, 5.74) is 4.49. The molecule has 1 N–H and O–H groups in total. The molecule has 0 amide bonds. The molecule has 0 heterocycles.